The van der Waals surface area contributed by atoms with E-state index in [9.17, 15) is 9.59 Å². The molecule has 1 aromatic rings. The van der Waals surface area contributed by atoms with Crippen molar-refractivity contribution < 1.29 is 14.3 Å². The predicted molar refractivity (Wildman–Crippen MR) is 71.7 cm³/mol. The van der Waals surface area contributed by atoms with Crippen LogP contribution in [0.15, 0.2) is 24.3 Å². The molecule has 3 N–H and O–H groups in total. The SMILES string of the molecule is COC(=O)CC(C)NC(=O)c1ccc(N)cc1.Cl. The lowest BCUT2D eigenvalue weighted by atomic mass is 10.1. The van der Waals surface area contributed by atoms with Crippen LogP contribution in [0.5, 0.6) is 0 Å². The van der Waals surface area contributed by atoms with Gasteiger partial charge < -0.3 is 15.8 Å². The van der Waals surface area contributed by atoms with Crippen molar-refractivity contribution in [2.45, 2.75) is 19.4 Å². The van der Waals surface area contributed by atoms with E-state index in [0.29, 0.717) is 11.3 Å². The number of carbonyl (C=O) groups excluding carboxylic acids is 2. The number of methoxy groups -OCH3 is 1. The summed E-state index contributed by atoms with van der Waals surface area (Å²) in [6.07, 6.45) is 0.150. The van der Waals surface area contributed by atoms with Gasteiger partial charge in [-0.25, -0.2) is 0 Å². The van der Waals surface area contributed by atoms with E-state index in [1.165, 1.54) is 7.11 Å². The highest BCUT2D eigenvalue weighted by Gasteiger charge is 2.13. The summed E-state index contributed by atoms with van der Waals surface area (Å²) in [5, 5.41) is 2.70. The van der Waals surface area contributed by atoms with Crippen molar-refractivity contribution in [2.75, 3.05) is 12.8 Å². The fourth-order valence-corrected chi connectivity index (χ4v) is 1.33. The number of hydrogen-bond acceptors (Lipinski definition) is 4. The monoisotopic (exact) mass is 272 g/mol. The molecule has 0 radical (unpaired) electrons. The van der Waals surface area contributed by atoms with Gasteiger partial charge in [-0.2, -0.15) is 0 Å². The first-order valence-electron chi connectivity index (χ1n) is 5.26. The summed E-state index contributed by atoms with van der Waals surface area (Å²) >= 11 is 0. The first kappa shape index (κ1) is 16.2. The predicted octanol–water partition coefficient (Wildman–Crippen LogP) is 1.37. The lowest BCUT2D eigenvalue weighted by Crippen LogP contribution is -2.34. The molecule has 18 heavy (non-hydrogen) atoms. The molecule has 1 rings (SSSR count). The Bertz CT molecular complexity index is 406. The van der Waals surface area contributed by atoms with Gasteiger partial charge in [-0.05, 0) is 31.2 Å². The molecule has 1 unspecified atom stereocenters. The Kier molecular flexibility index (Phi) is 6.82. The van der Waals surface area contributed by atoms with E-state index in [1.54, 1.807) is 31.2 Å². The molecule has 0 aliphatic heterocycles. The molecule has 6 heteroatoms. The molecule has 0 aliphatic rings. The molecule has 0 aliphatic carbocycles. The van der Waals surface area contributed by atoms with E-state index >= 15 is 0 Å². The molecular formula is C12H17ClN2O3. The van der Waals surface area contributed by atoms with Crippen molar-refractivity contribution in [2.24, 2.45) is 0 Å². The average molecular weight is 273 g/mol. The molecule has 0 fully saturated rings. The first-order chi connectivity index (χ1) is 8.02. The molecule has 5 nitrogen and oxygen atoms in total. The molecular weight excluding hydrogens is 256 g/mol. The average Bonchev–Trinajstić information content (AvgIpc) is 2.29. The van der Waals surface area contributed by atoms with Crippen LogP contribution in [-0.2, 0) is 9.53 Å². The van der Waals surface area contributed by atoms with Gasteiger partial charge in [0.1, 0.15) is 0 Å². The number of nitrogens with one attached hydrogen (secondary N) is 1. The number of amides is 1. The fraction of sp³-hybridized carbons (Fsp3) is 0.333. The van der Waals surface area contributed by atoms with Gasteiger partial charge in [-0.15, -0.1) is 12.4 Å². The number of anilines is 1. The number of nitrogen functional groups attached to an aromatic ring is 1. The van der Waals surface area contributed by atoms with Gasteiger partial charge in [0.05, 0.1) is 13.5 Å². The second-order valence-corrected chi connectivity index (χ2v) is 3.78. The third-order valence-electron chi connectivity index (χ3n) is 2.25. The van der Waals surface area contributed by atoms with Crippen LogP contribution in [-0.4, -0.2) is 25.0 Å². The number of benzene rings is 1. The Morgan fingerprint density at radius 2 is 1.89 bits per heavy atom. The number of carbonyl (C=O) groups is 2. The van der Waals surface area contributed by atoms with Gasteiger partial charge in [0.2, 0.25) is 0 Å². The summed E-state index contributed by atoms with van der Waals surface area (Å²) in [5.41, 5.74) is 6.63. The highest BCUT2D eigenvalue weighted by Crippen LogP contribution is 2.06. The van der Waals surface area contributed by atoms with Gasteiger partial charge in [-0.1, -0.05) is 0 Å². The lowest BCUT2D eigenvalue weighted by molar-refractivity contribution is -0.141. The zero-order valence-corrected chi connectivity index (χ0v) is 11.1. The molecule has 0 bridgehead atoms. The van der Waals surface area contributed by atoms with Crippen LogP contribution >= 0.6 is 12.4 Å². The van der Waals surface area contributed by atoms with Crippen LogP contribution in [0.1, 0.15) is 23.7 Å². The quantitative estimate of drug-likeness (QED) is 0.641. The Hall–Kier alpha value is -1.75. The maximum absolute atomic E-state index is 11.7. The van der Waals surface area contributed by atoms with E-state index in [0.717, 1.165) is 0 Å². The highest BCUT2D eigenvalue weighted by atomic mass is 35.5. The second kappa shape index (κ2) is 7.55. The van der Waals surface area contributed by atoms with Gasteiger partial charge >= 0.3 is 5.97 Å². The van der Waals surface area contributed by atoms with Crippen LogP contribution in [0, 0.1) is 0 Å². The molecule has 1 atom stereocenters. The van der Waals surface area contributed by atoms with Crippen molar-refractivity contribution in [1.82, 2.24) is 5.32 Å². The van der Waals surface area contributed by atoms with Crippen LogP contribution in [0.4, 0.5) is 5.69 Å². The normalized spacial score (nSPS) is 11.0. The fourth-order valence-electron chi connectivity index (χ4n) is 1.33. The summed E-state index contributed by atoms with van der Waals surface area (Å²) in [7, 11) is 1.32. The van der Waals surface area contributed by atoms with E-state index < -0.39 is 0 Å². The largest absolute Gasteiger partial charge is 0.469 e. The topological polar surface area (TPSA) is 81.4 Å². The van der Waals surface area contributed by atoms with Crippen LogP contribution in [0.3, 0.4) is 0 Å². The van der Waals surface area contributed by atoms with Crippen LogP contribution in [0.2, 0.25) is 0 Å². The van der Waals surface area contributed by atoms with Crippen molar-refractivity contribution >= 4 is 30.0 Å². The zero-order chi connectivity index (χ0) is 12.8. The number of nitrogens with two attached hydrogens (primary N) is 1. The number of esters is 1. The van der Waals surface area contributed by atoms with Crippen molar-refractivity contribution in [1.29, 1.82) is 0 Å². The van der Waals surface area contributed by atoms with Gasteiger partial charge in [-0.3, -0.25) is 9.59 Å². The number of hydrogen-bond donors (Lipinski definition) is 2. The first-order valence-corrected chi connectivity index (χ1v) is 5.26. The Balaban J connectivity index is 0.00000289. The van der Waals surface area contributed by atoms with Crippen LogP contribution in [0.25, 0.3) is 0 Å². The summed E-state index contributed by atoms with van der Waals surface area (Å²) in [5.74, 6) is -0.587. The maximum Gasteiger partial charge on any atom is 0.307 e. The van der Waals surface area contributed by atoms with Crippen molar-refractivity contribution in [3.05, 3.63) is 29.8 Å². The molecule has 0 heterocycles. The molecule has 0 saturated heterocycles. The Morgan fingerprint density at radius 3 is 2.39 bits per heavy atom. The minimum Gasteiger partial charge on any atom is -0.469 e. The molecule has 100 valence electrons. The van der Waals surface area contributed by atoms with Crippen LogP contribution < -0.4 is 11.1 Å². The summed E-state index contributed by atoms with van der Waals surface area (Å²) < 4.78 is 4.52. The second-order valence-electron chi connectivity index (χ2n) is 3.78. The van der Waals surface area contributed by atoms with Gasteiger partial charge in [0.15, 0.2) is 0 Å². The minimum atomic E-state index is -0.352. The van der Waals surface area contributed by atoms with Crippen molar-refractivity contribution in [3.8, 4) is 0 Å². The van der Waals surface area contributed by atoms with E-state index in [1.807, 2.05) is 0 Å². The van der Waals surface area contributed by atoms with Crippen molar-refractivity contribution in [3.63, 3.8) is 0 Å². The summed E-state index contributed by atoms with van der Waals surface area (Å²) in [6, 6.07) is 6.30. The Morgan fingerprint density at radius 1 is 1.33 bits per heavy atom. The summed E-state index contributed by atoms with van der Waals surface area (Å²) in [4.78, 5) is 22.7. The van der Waals surface area contributed by atoms with E-state index in [2.05, 4.69) is 10.1 Å². The minimum absolute atomic E-state index is 0. The number of rotatable bonds is 4. The molecule has 0 saturated carbocycles. The van der Waals surface area contributed by atoms with Gasteiger partial charge in [0, 0.05) is 17.3 Å². The zero-order valence-electron chi connectivity index (χ0n) is 10.3. The van der Waals surface area contributed by atoms with E-state index in [4.69, 9.17) is 5.73 Å². The number of ether oxygens (including phenoxy) is 1. The third-order valence-corrected chi connectivity index (χ3v) is 2.25. The Labute approximate surface area is 112 Å². The smallest absolute Gasteiger partial charge is 0.307 e. The molecule has 1 amide bonds. The third kappa shape index (κ3) is 5.05. The highest BCUT2D eigenvalue weighted by molar-refractivity contribution is 5.94. The number of halogens is 1. The molecule has 0 spiro atoms. The van der Waals surface area contributed by atoms with E-state index in [-0.39, 0.29) is 36.7 Å². The summed E-state index contributed by atoms with van der Waals surface area (Å²) in [6.45, 7) is 1.74. The standard InChI is InChI=1S/C12H16N2O3.ClH/c1-8(7-11(15)17-2)14-12(16)9-3-5-10(13)6-4-9;/h3-6,8H,7,13H2,1-2H3,(H,14,16);1H. The lowest BCUT2D eigenvalue weighted by Gasteiger charge is -2.12. The van der Waals surface area contributed by atoms with Gasteiger partial charge in [0.25, 0.3) is 5.91 Å². The molecule has 1 aromatic carbocycles. The maximum atomic E-state index is 11.7. The molecule has 0 aromatic heterocycles.